The van der Waals surface area contributed by atoms with Crippen LogP contribution in [-0.4, -0.2) is 31.9 Å². The Morgan fingerprint density at radius 2 is 2.19 bits per heavy atom. The van der Waals surface area contributed by atoms with E-state index in [0.29, 0.717) is 12.1 Å². The molecule has 3 heteroatoms. The number of hydrogen-bond donors (Lipinski definition) is 1. The normalized spacial score (nSPS) is 26.5. The van der Waals surface area contributed by atoms with Crippen molar-refractivity contribution in [2.24, 2.45) is 0 Å². The molecule has 1 N–H and O–H groups in total. The highest BCUT2D eigenvalue weighted by Gasteiger charge is 2.22. The zero-order chi connectivity index (χ0) is 14.5. The Morgan fingerprint density at radius 3 is 3.05 bits per heavy atom. The highest BCUT2D eigenvalue weighted by atomic mass is 16.5. The fraction of sp³-hybridized carbons (Fsp3) is 0.667. The molecule has 3 nitrogen and oxygen atoms in total. The van der Waals surface area contributed by atoms with E-state index in [1.54, 1.807) is 0 Å². The van der Waals surface area contributed by atoms with Crippen LogP contribution in [0, 0.1) is 0 Å². The third kappa shape index (κ3) is 3.85. The number of rotatable bonds is 6. The first-order valence-corrected chi connectivity index (χ1v) is 8.39. The molecule has 0 amide bonds. The Labute approximate surface area is 128 Å². The molecule has 0 saturated carbocycles. The van der Waals surface area contributed by atoms with E-state index in [4.69, 9.17) is 9.47 Å². The standard InChI is InChI=1S/C18H27NO2/c1-14(17-10-5-12-20-17)19-11-13-21-18-9-4-7-15-6-2-3-8-16(15)18/h2-3,6,8,14,17-19H,4-5,7,9-13H2,1H3. The molecule has 3 rings (SSSR count). The van der Waals surface area contributed by atoms with Crippen molar-refractivity contribution in [1.29, 1.82) is 0 Å². The Bertz CT molecular complexity index is 443. The Kier molecular flexibility index (Phi) is 5.28. The molecule has 21 heavy (non-hydrogen) atoms. The first-order valence-electron chi connectivity index (χ1n) is 8.39. The third-order valence-electron chi connectivity index (χ3n) is 4.72. The Balaban J connectivity index is 1.42. The van der Waals surface area contributed by atoms with Crippen LogP contribution in [0.15, 0.2) is 24.3 Å². The number of nitrogens with one attached hydrogen (secondary N) is 1. The molecule has 1 saturated heterocycles. The first kappa shape index (κ1) is 15.0. The topological polar surface area (TPSA) is 30.5 Å². The van der Waals surface area contributed by atoms with E-state index in [2.05, 4.69) is 36.5 Å². The molecule has 0 spiro atoms. The van der Waals surface area contributed by atoms with E-state index in [1.165, 1.54) is 36.8 Å². The molecule has 1 aromatic rings. The average Bonchev–Trinajstić information content (AvgIpc) is 3.06. The van der Waals surface area contributed by atoms with Crippen molar-refractivity contribution < 1.29 is 9.47 Å². The maximum absolute atomic E-state index is 6.12. The lowest BCUT2D eigenvalue weighted by Crippen LogP contribution is -2.38. The number of hydrogen-bond acceptors (Lipinski definition) is 3. The van der Waals surface area contributed by atoms with Crippen molar-refractivity contribution in [3.8, 4) is 0 Å². The SMILES string of the molecule is CC(NCCOC1CCCc2ccccc21)C1CCCO1. The lowest BCUT2D eigenvalue weighted by Gasteiger charge is -2.26. The average molecular weight is 289 g/mol. The largest absolute Gasteiger partial charge is 0.377 e. The van der Waals surface area contributed by atoms with Gasteiger partial charge in [-0.15, -0.1) is 0 Å². The molecular formula is C18H27NO2. The van der Waals surface area contributed by atoms with Crippen molar-refractivity contribution >= 4 is 0 Å². The molecule has 0 radical (unpaired) electrons. The van der Waals surface area contributed by atoms with Gasteiger partial charge in [0, 0.05) is 19.2 Å². The van der Waals surface area contributed by atoms with Gasteiger partial charge in [-0.25, -0.2) is 0 Å². The zero-order valence-corrected chi connectivity index (χ0v) is 13.0. The Hall–Kier alpha value is -0.900. The molecule has 1 heterocycles. The second-order valence-electron chi connectivity index (χ2n) is 6.24. The molecule has 3 atom stereocenters. The minimum absolute atomic E-state index is 0.287. The van der Waals surface area contributed by atoms with Crippen molar-refractivity contribution in [3.63, 3.8) is 0 Å². The smallest absolute Gasteiger partial charge is 0.0828 e. The molecule has 0 aromatic heterocycles. The van der Waals surface area contributed by atoms with Gasteiger partial charge in [0.15, 0.2) is 0 Å². The van der Waals surface area contributed by atoms with Crippen LogP contribution in [0.1, 0.15) is 49.8 Å². The van der Waals surface area contributed by atoms with E-state index in [1.807, 2.05) is 0 Å². The summed E-state index contributed by atoms with van der Waals surface area (Å²) in [5, 5.41) is 3.54. The van der Waals surface area contributed by atoms with Crippen LogP contribution in [0.3, 0.4) is 0 Å². The van der Waals surface area contributed by atoms with Crippen LogP contribution in [-0.2, 0) is 15.9 Å². The summed E-state index contributed by atoms with van der Waals surface area (Å²) in [7, 11) is 0. The highest BCUT2D eigenvalue weighted by Crippen LogP contribution is 2.32. The molecule has 1 aliphatic carbocycles. The predicted octanol–water partition coefficient (Wildman–Crippen LogP) is 3.24. The maximum atomic E-state index is 6.12. The first-order chi connectivity index (χ1) is 10.3. The number of ether oxygens (including phenoxy) is 2. The van der Waals surface area contributed by atoms with Crippen LogP contribution < -0.4 is 5.32 Å². The van der Waals surface area contributed by atoms with E-state index in [-0.39, 0.29) is 6.10 Å². The lowest BCUT2D eigenvalue weighted by molar-refractivity contribution is 0.0359. The van der Waals surface area contributed by atoms with Gasteiger partial charge >= 0.3 is 0 Å². The van der Waals surface area contributed by atoms with Gasteiger partial charge in [0.1, 0.15) is 0 Å². The second-order valence-corrected chi connectivity index (χ2v) is 6.24. The Morgan fingerprint density at radius 1 is 1.29 bits per heavy atom. The minimum atomic E-state index is 0.287. The lowest BCUT2D eigenvalue weighted by atomic mass is 9.89. The summed E-state index contributed by atoms with van der Waals surface area (Å²) in [5.41, 5.74) is 2.87. The van der Waals surface area contributed by atoms with Crippen molar-refractivity contribution in [2.45, 2.75) is 57.3 Å². The predicted molar refractivity (Wildman–Crippen MR) is 84.5 cm³/mol. The number of benzene rings is 1. The summed E-state index contributed by atoms with van der Waals surface area (Å²) in [6, 6.07) is 9.14. The van der Waals surface area contributed by atoms with E-state index < -0.39 is 0 Å². The highest BCUT2D eigenvalue weighted by molar-refractivity contribution is 5.31. The van der Waals surface area contributed by atoms with Crippen LogP contribution in [0.4, 0.5) is 0 Å². The van der Waals surface area contributed by atoms with Gasteiger partial charge in [-0.3, -0.25) is 0 Å². The van der Waals surface area contributed by atoms with Crippen molar-refractivity contribution in [2.75, 3.05) is 19.8 Å². The summed E-state index contributed by atoms with van der Waals surface area (Å²) in [6.45, 7) is 4.81. The minimum Gasteiger partial charge on any atom is -0.377 e. The zero-order valence-electron chi connectivity index (χ0n) is 13.0. The van der Waals surface area contributed by atoms with Crippen molar-refractivity contribution in [3.05, 3.63) is 35.4 Å². The summed E-state index contributed by atoms with van der Waals surface area (Å²) in [5.74, 6) is 0. The van der Waals surface area contributed by atoms with Crippen LogP contribution in [0.2, 0.25) is 0 Å². The fourth-order valence-electron chi connectivity index (χ4n) is 3.50. The summed E-state index contributed by atoms with van der Waals surface area (Å²) in [6.07, 6.45) is 6.65. The molecule has 116 valence electrons. The molecule has 1 aromatic carbocycles. The number of aryl methyl sites for hydroxylation is 1. The monoisotopic (exact) mass is 289 g/mol. The maximum Gasteiger partial charge on any atom is 0.0828 e. The summed E-state index contributed by atoms with van der Waals surface area (Å²) < 4.78 is 11.8. The van der Waals surface area contributed by atoms with E-state index in [9.17, 15) is 0 Å². The molecule has 1 fully saturated rings. The van der Waals surface area contributed by atoms with E-state index in [0.717, 1.165) is 26.2 Å². The molecule has 3 unspecified atom stereocenters. The molecule has 1 aliphatic heterocycles. The fourth-order valence-corrected chi connectivity index (χ4v) is 3.50. The number of fused-ring (bicyclic) bond motifs is 1. The van der Waals surface area contributed by atoms with Gasteiger partial charge < -0.3 is 14.8 Å². The van der Waals surface area contributed by atoms with E-state index >= 15 is 0 Å². The van der Waals surface area contributed by atoms with Gasteiger partial charge in [0.25, 0.3) is 0 Å². The van der Waals surface area contributed by atoms with Gasteiger partial charge in [-0.2, -0.15) is 0 Å². The quantitative estimate of drug-likeness (QED) is 0.816. The van der Waals surface area contributed by atoms with Crippen molar-refractivity contribution in [1.82, 2.24) is 5.32 Å². The van der Waals surface area contributed by atoms with Gasteiger partial charge in [0.2, 0.25) is 0 Å². The van der Waals surface area contributed by atoms with Gasteiger partial charge in [-0.05, 0) is 50.2 Å². The second kappa shape index (κ2) is 7.39. The third-order valence-corrected chi connectivity index (χ3v) is 4.72. The summed E-state index contributed by atoms with van der Waals surface area (Å²) in [4.78, 5) is 0. The molecular weight excluding hydrogens is 262 g/mol. The van der Waals surface area contributed by atoms with Gasteiger partial charge in [-0.1, -0.05) is 24.3 Å². The summed E-state index contributed by atoms with van der Waals surface area (Å²) >= 11 is 0. The van der Waals surface area contributed by atoms with Crippen LogP contribution in [0.5, 0.6) is 0 Å². The van der Waals surface area contributed by atoms with Crippen LogP contribution in [0.25, 0.3) is 0 Å². The van der Waals surface area contributed by atoms with Crippen LogP contribution >= 0.6 is 0 Å². The molecule has 2 aliphatic rings. The van der Waals surface area contributed by atoms with Gasteiger partial charge in [0.05, 0.1) is 18.8 Å². The molecule has 0 bridgehead atoms.